The first-order valence-corrected chi connectivity index (χ1v) is 6.46. The summed E-state index contributed by atoms with van der Waals surface area (Å²) in [5.41, 5.74) is 0.897. The van der Waals surface area contributed by atoms with Crippen molar-refractivity contribution in [2.45, 2.75) is 5.16 Å². The molecule has 5 nitrogen and oxygen atoms in total. The van der Waals surface area contributed by atoms with E-state index in [0.29, 0.717) is 11.0 Å². The van der Waals surface area contributed by atoms with Crippen molar-refractivity contribution < 1.29 is 9.90 Å². The number of nitrogens with zero attached hydrogens (tertiary/aromatic N) is 2. The molecule has 0 aliphatic heterocycles. The van der Waals surface area contributed by atoms with Crippen LogP contribution in [0.15, 0.2) is 33.9 Å². The molecule has 0 bridgehead atoms. The van der Waals surface area contributed by atoms with E-state index in [2.05, 4.69) is 31.1 Å². The maximum absolute atomic E-state index is 10.4. The molecule has 0 saturated heterocycles. The van der Waals surface area contributed by atoms with Crippen molar-refractivity contribution in [1.29, 1.82) is 0 Å². The standard InChI is InChI=1S/C10H8BrN3O2S/c11-7-3-1-2-6(4-7)9-12-10(14-13-9)17-5-8(15)16/h1-4H,5H2,(H,15,16)(H,12,13,14). The number of hydrogen-bond acceptors (Lipinski definition) is 4. The van der Waals surface area contributed by atoms with Gasteiger partial charge in [0.05, 0.1) is 5.75 Å². The van der Waals surface area contributed by atoms with E-state index in [1.165, 1.54) is 0 Å². The van der Waals surface area contributed by atoms with Gasteiger partial charge < -0.3 is 5.11 Å². The van der Waals surface area contributed by atoms with Gasteiger partial charge >= 0.3 is 5.97 Å². The Kier molecular flexibility index (Phi) is 3.80. The Morgan fingerprint density at radius 3 is 3.06 bits per heavy atom. The number of hydrogen-bond donors (Lipinski definition) is 2. The Bertz CT molecular complexity index is 544. The molecule has 17 heavy (non-hydrogen) atoms. The van der Waals surface area contributed by atoms with Crippen LogP contribution in [0.1, 0.15) is 0 Å². The van der Waals surface area contributed by atoms with Crippen LogP contribution >= 0.6 is 27.7 Å². The SMILES string of the molecule is O=C(O)CSc1n[nH]c(-c2cccc(Br)c2)n1. The minimum Gasteiger partial charge on any atom is -0.481 e. The van der Waals surface area contributed by atoms with Gasteiger partial charge in [-0.1, -0.05) is 39.8 Å². The number of aromatic nitrogens is 3. The van der Waals surface area contributed by atoms with Crippen LogP contribution in [0, 0.1) is 0 Å². The average molecular weight is 314 g/mol. The van der Waals surface area contributed by atoms with E-state index in [4.69, 9.17) is 5.11 Å². The minimum absolute atomic E-state index is 0.0459. The van der Waals surface area contributed by atoms with Crippen molar-refractivity contribution in [1.82, 2.24) is 15.2 Å². The summed E-state index contributed by atoms with van der Waals surface area (Å²) < 4.78 is 0.950. The van der Waals surface area contributed by atoms with Crippen LogP contribution in [0.25, 0.3) is 11.4 Å². The summed E-state index contributed by atoms with van der Waals surface area (Å²) >= 11 is 4.45. The average Bonchev–Trinajstić information content (AvgIpc) is 2.75. The predicted octanol–water partition coefficient (Wildman–Crippen LogP) is 2.41. The third-order valence-corrected chi connectivity index (χ3v) is 3.21. The third-order valence-electron chi connectivity index (χ3n) is 1.89. The van der Waals surface area contributed by atoms with Gasteiger partial charge in [-0.25, -0.2) is 4.98 Å². The van der Waals surface area contributed by atoms with Crippen LogP contribution in [0.4, 0.5) is 0 Å². The van der Waals surface area contributed by atoms with Gasteiger partial charge in [-0.15, -0.1) is 5.10 Å². The number of rotatable bonds is 4. The van der Waals surface area contributed by atoms with E-state index in [1.54, 1.807) is 0 Å². The van der Waals surface area contributed by atoms with E-state index >= 15 is 0 Å². The van der Waals surface area contributed by atoms with Gasteiger partial charge in [-0.3, -0.25) is 9.89 Å². The molecular formula is C10H8BrN3O2S. The fourth-order valence-electron chi connectivity index (χ4n) is 1.20. The maximum atomic E-state index is 10.4. The Labute approximate surface area is 110 Å². The number of halogens is 1. The number of aromatic amines is 1. The van der Waals surface area contributed by atoms with Gasteiger partial charge in [-0.2, -0.15) is 0 Å². The summed E-state index contributed by atoms with van der Waals surface area (Å²) in [5, 5.41) is 15.7. The summed E-state index contributed by atoms with van der Waals surface area (Å²) in [7, 11) is 0. The first-order chi connectivity index (χ1) is 8.15. The number of benzene rings is 1. The smallest absolute Gasteiger partial charge is 0.313 e. The zero-order chi connectivity index (χ0) is 12.3. The molecular weight excluding hydrogens is 306 g/mol. The van der Waals surface area contributed by atoms with Gasteiger partial charge in [0.2, 0.25) is 5.16 Å². The molecule has 0 saturated carbocycles. The Morgan fingerprint density at radius 2 is 2.35 bits per heavy atom. The number of thioether (sulfide) groups is 1. The molecule has 0 amide bonds. The van der Waals surface area contributed by atoms with Crippen LogP contribution in [0.2, 0.25) is 0 Å². The topological polar surface area (TPSA) is 78.9 Å². The van der Waals surface area contributed by atoms with Gasteiger partial charge in [0, 0.05) is 10.0 Å². The van der Waals surface area contributed by atoms with Gasteiger partial charge in [-0.05, 0) is 12.1 Å². The van der Waals surface area contributed by atoms with Crippen LogP contribution in [0.5, 0.6) is 0 Å². The van der Waals surface area contributed by atoms with Crippen LogP contribution < -0.4 is 0 Å². The van der Waals surface area contributed by atoms with Gasteiger partial charge in [0.1, 0.15) is 0 Å². The predicted molar refractivity (Wildman–Crippen MR) is 67.9 cm³/mol. The van der Waals surface area contributed by atoms with Crippen molar-refractivity contribution >= 4 is 33.7 Å². The molecule has 0 aliphatic carbocycles. The molecule has 2 aromatic rings. The summed E-state index contributed by atoms with van der Waals surface area (Å²) in [6, 6.07) is 7.62. The minimum atomic E-state index is -0.885. The Balaban J connectivity index is 2.15. The fourth-order valence-corrected chi connectivity index (χ4v) is 2.12. The molecule has 88 valence electrons. The number of H-pyrrole nitrogens is 1. The second kappa shape index (κ2) is 5.33. The molecule has 0 radical (unpaired) electrons. The van der Waals surface area contributed by atoms with Crippen LogP contribution in [-0.2, 0) is 4.79 Å². The number of nitrogens with one attached hydrogen (secondary N) is 1. The number of aliphatic carboxylic acids is 1. The molecule has 2 N–H and O–H groups in total. The highest BCUT2D eigenvalue weighted by Crippen LogP contribution is 2.21. The highest BCUT2D eigenvalue weighted by atomic mass is 79.9. The number of carboxylic acids is 1. The number of carbonyl (C=O) groups is 1. The molecule has 0 fully saturated rings. The molecule has 0 aliphatic rings. The third kappa shape index (κ3) is 3.31. The van der Waals surface area contributed by atoms with E-state index in [9.17, 15) is 4.79 Å². The Hall–Kier alpha value is -1.34. The zero-order valence-corrected chi connectivity index (χ0v) is 11.0. The van der Waals surface area contributed by atoms with E-state index in [0.717, 1.165) is 21.8 Å². The fraction of sp³-hybridized carbons (Fsp3) is 0.100. The van der Waals surface area contributed by atoms with Crippen LogP contribution in [0.3, 0.4) is 0 Å². The van der Waals surface area contributed by atoms with E-state index < -0.39 is 5.97 Å². The van der Waals surface area contributed by atoms with Crippen LogP contribution in [-0.4, -0.2) is 32.0 Å². The summed E-state index contributed by atoms with van der Waals surface area (Å²) in [6.45, 7) is 0. The van der Waals surface area contributed by atoms with Crippen molar-refractivity contribution in [3.05, 3.63) is 28.7 Å². The maximum Gasteiger partial charge on any atom is 0.313 e. The lowest BCUT2D eigenvalue weighted by Gasteiger charge is -1.95. The zero-order valence-electron chi connectivity index (χ0n) is 8.55. The second-order valence-electron chi connectivity index (χ2n) is 3.16. The lowest BCUT2D eigenvalue weighted by atomic mass is 10.2. The molecule has 7 heteroatoms. The van der Waals surface area contributed by atoms with Crippen molar-refractivity contribution in [2.24, 2.45) is 0 Å². The molecule has 0 unspecified atom stereocenters. The summed E-state index contributed by atoms with van der Waals surface area (Å²) in [6.07, 6.45) is 0. The van der Waals surface area contributed by atoms with E-state index in [-0.39, 0.29) is 5.75 Å². The normalized spacial score (nSPS) is 10.4. The monoisotopic (exact) mass is 313 g/mol. The van der Waals surface area contributed by atoms with Gasteiger partial charge in [0.15, 0.2) is 5.82 Å². The first-order valence-electron chi connectivity index (χ1n) is 4.68. The highest BCUT2D eigenvalue weighted by Gasteiger charge is 2.08. The molecule has 0 spiro atoms. The molecule has 1 aromatic carbocycles. The van der Waals surface area contributed by atoms with Crippen molar-refractivity contribution in [2.75, 3.05) is 5.75 Å². The first kappa shape index (κ1) is 12.1. The summed E-state index contributed by atoms with van der Waals surface area (Å²) in [5.74, 6) is -0.307. The van der Waals surface area contributed by atoms with Gasteiger partial charge in [0.25, 0.3) is 0 Å². The van der Waals surface area contributed by atoms with Crippen molar-refractivity contribution in [3.8, 4) is 11.4 Å². The molecule has 2 rings (SSSR count). The second-order valence-corrected chi connectivity index (χ2v) is 5.02. The quantitative estimate of drug-likeness (QED) is 0.847. The largest absolute Gasteiger partial charge is 0.481 e. The molecule has 0 atom stereocenters. The Morgan fingerprint density at radius 1 is 1.53 bits per heavy atom. The van der Waals surface area contributed by atoms with Crippen molar-refractivity contribution in [3.63, 3.8) is 0 Å². The molecule has 1 heterocycles. The summed E-state index contributed by atoms with van der Waals surface area (Å²) in [4.78, 5) is 14.6. The van der Waals surface area contributed by atoms with E-state index in [1.807, 2.05) is 24.3 Å². The molecule has 1 aromatic heterocycles. The number of carboxylic acid groups (broad SMARTS) is 1. The lowest BCUT2D eigenvalue weighted by molar-refractivity contribution is -0.133. The highest BCUT2D eigenvalue weighted by molar-refractivity contribution is 9.10. The lowest BCUT2D eigenvalue weighted by Crippen LogP contribution is -1.97.